The van der Waals surface area contributed by atoms with E-state index in [4.69, 9.17) is 0 Å². The van der Waals surface area contributed by atoms with Gasteiger partial charge in [0.05, 0.1) is 0 Å². The molecule has 0 N–H and O–H groups in total. The average molecular weight is 190 g/mol. The summed E-state index contributed by atoms with van der Waals surface area (Å²) < 4.78 is 0. The number of rotatable bonds is 4. The molecule has 0 aliphatic carbocycles. The molecule has 0 aliphatic rings. The molecule has 0 heterocycles. The van der Waals surface area contributed by atoms with Gasteiger partial charge in [0.1, 0.15) is 12.6 Å². The highest BCUT2D eigenvalue weighted by atomic mass is 16.1. The van der Waals surface area contributed by atoms with E-state index in [0.29, 0.717) is 0 Å². The highest BCUT2D eigenvalue weighted by Crippen LogP contribution is 2.17. The lowest BCUT2D eigenvalue weighted by Gasteiger charge is -2.07. The fourth-order valence-corrected chi connectivity index (χ4v) is 1.26. The minimum atomic E-state index is -0.0735. The van der Waals surface area contributed by atoms with Crippen LogP contribution in [0, 0.1) is 0 Å². The van der Waals surface area contributed by atoms with Gasteiger partial charge in [0.15, 0.2) is 0 Å². The van der Waals surface area contributed by atoms with E-state index < -0.39 is 0 Å². The third-order valence-corrected chi connectivity index (χ3v) is 2.40. The molecule has 0 bridgehead atoms. The Hall–Kier alpha value is -1.44. The van der Waals surface area contributed by atoms with Gasteiger partial charge in [0.2, 0.25) is 0 Å². The second kappa shape index (κ2) is 4.70. The summed E-state index contributed by atoms with van der Waals surface area (Å²) in [7, 11) is 0. The van der Waals surface area contributed by atoms with E-state index >= 15 is 0 Å². The van der Waals surface area contributed by atoms with Crippen LogP contribution in [0.4, 0.5) is 0 Å². The van der Waals surface area contributed by atoms with Crippen LogP contribution < -0.4 is 0 Å². The fourth-order valence-electron chi connectivity index (χ4n) is 1.26. The van der Waals surface area contributed by atoms with Crippen molar-refractivity contribution in [2.24, 2.45) is 0 Å². The monoisotopic (exact) mass is 190 g/mol. The van der Waals surface area contributed by atoms with Crippen molar-refractivity contribution < 1.29 is 9.59 Å². The van der Waals surface area contributed by atoms with E-state index in [2.05, 4.69) is 0 Å². The Balaban J connectivity index is 2.88. The maximum atomic E-state index is 10.5. The van der Waals surface area contributed by atoms with Crippen molar-refractivity contribution in [3.63, 3.8) is 0 Å². The van der Waals surface area contributed by atoms with Crippen molar-refractivity contribution in [1.29, 1.82) is 0 Å². The topological polar surface area (TPSA) is 34.1 Å². The number of carbonyl (C=O) groups is 2. The minimum Gasteiger partial charge on any atom is -0.303 e. The number of hydrogen-bond acceptors (Lipinski definition) is 2. The van der Waals surface area contributed by atoms with E-state index in [0.717, 1.165) is 23.7 Å². The van der Waals surface area contributed by atoms with E-state index in [-0.39, 0.29) is 11.8 Å². The molecule has 0 fully saturated rings. The third-order valence-electron chi connectivity index (χ3n) is 2.40. The van der Waals surface area contributed by atoms with Crippen LogP contribution in [-0.4, -0.2) is 12.6 Å². The summed E-state index contributed by atoms with van der Waals surface area (Å²) in [4.78, 5) is 21.0. The molecular weight excluding hydrogens is 176 g/mol. The van der Waals surface area contributed by atoms with Gasteiger partial charge in [-0.3, -0.25) is 0 Å². The Kier molecular flexibility index (Phi) is 3.57. The molecule has 0 aliphatic heterocycles. The molecule has 0 saturated heterocycles. The van der Waals surface area contributed by atoms with E-state index in [1.807, 2.05) is 38.1 Å². The highest BCUT2D eigenvalue weighted by Gasteiger charge is 2.06. The normalized spacial score (nSPS) is 14.4. The Morgan fingerprint density at radius 2 is 1.14 bits per heavy atom. The molecule has 14 heavy (non-hydrogen) atoms. The average Bonchev–Trinajstić information content (AvgIpc) is 2.27. The molecule has 0 saturated carbocycles. The summed E-state index contributed by atoms with van der Waals surface area (Å²) in [5.41, 5.74) is 1.98. The van der Waals surface area contributed by atoms with Crippen LogP contribution in [0.2, 0.25) is 0 Å². The second-order valence-electron chi connectivity index (χ2n) is 3.52. The van der Waals surface area contributed by atoms with Crippen LogP contribution in [0.25, 0.3) is 0 Å². The molecular formula is C12H14O2. The SMILES string of the molecule is CC(C=O)c1ccc(C(C)C=O)cc1. The molecule has 2 heteroatoms. The lowest BCUT2D eigenvalue weighted by atomic mass is 9.97. The van der Waals surface area contributed by atoms with Crippen molar-refractivity contribution in [3.8, 4) is 0 Å². The van der Waals surface area contributed by atoms with Crippen molar-refractivity contribution >= 4 is 12.6 Å². The molecule has 1 aromatic rings. The third kappa shape index (κ3) is 2.28. The van der Waals surface area contributed by atoms with Gasteiger partial charge in [-0.25, -0.2) is 0 Å². The molecule has 0 aromatic heterocycles. The molecule has 2 nitrogen and oxygen atoms in total. The molecule has 0 radical (unpaired) electrons. The number of carbonyl (C=O) groups excluding carboxylic acids is 2. The van der Waals surface area contributed by atoms with Crippen molar-refractivity contribution in [1.82, 2.24) is 0 Å². The summed E-state index contributed by atoms with van der Waals surface area (Å²) in [5, 5.41) is 0. The smallest absolute Gasteiger partial charge is 0.127 e. The first kappa shape index (κ1) is 10.6. The number of hydrogen-bond donors (Lipinski definition) is 0. The first-order valence-corrected chi connectivity index (χ1v) is 4.69. The Bertz CT molecular complexity index is 281. The van der Waals surface area contributed by atoms with Crippen LogP contribution in [0.3, 0.4) is 0 Å². The van der Waals surface area contributed by atoms with Crippen LogP contribution in [0.15, 0.2) is 24.3 Å². The maximum absolute atomic E-state index is 10.5. The number of aldehydes is 2. The van der Waals surface area contributed by atoms with E-state index in [9.17, 15) is 9.59 Å². The molecule has 0 amide bonds. The minimum absolute atomic E-state index is 0.0735. The van der Waals surface area contributed by atoms with Gasteiger partial charge >= 0.3 is 0 Å². The van der Waals surface area contributed by atoms with Gasteiger partial charge in [0.25, 0.3) is 0 Å². The van der Waals surface area contributed by atoms with Crippen molar-refractivity contribution in [2.75, 3.05) is 0 Å². The summed E-state index contributed by atoms with van der Waals surface area (Å²) in [6.07, 6.45) is 1.83. The van der Waals surface area contributed by atoms with Crippen LogP contribution in [0.5, 0.6) is 0 Å². The zero-order chi connectivity index (χ0) is 10.6. The zero-order valence-corrected chi connectivity index (χ0v) is 8.44. The summed E-state index contributed by atoms with van der Waals surface area (Å²) in [6, 6.07) is 7.59. The quantitative estimate of drug-likeness (QED) is 0.682. The lowest BCUT2D eigenvalue weighted by Crippen LogP contribution is -1.97. The van der Waals surface area contributed by atoms with E-state index in [1.165, 1.54) is 0 Å². The molecule has 0 spiro atoms. The van der Waals surface area contributed by atoms with Crippen LogP contribution in [0.1, 0.15) is 36.8 Å². The molecule has 2 unspecified atom stereocenters. The predicted molar refractivity (Wildman–Crippen MR) is 55.4 cm³/mol. The van der Waals surface area contributed by atoms with Gasteiger partial charge in [-0.2, -0.15) is 0 Å². The molecule has 2 atom stereocenters. The standard InChI is InChI=1S/C12H14O2/c1-9(7-13)11-3-5-12(6-4-11)10(2)8-14/h3-10H,1-2H3. The van der Waals surface area contributed by atoms with Crippen LogP contribution in [-0.2, 0) is 9.59 Å². The van der Waals surface area contributed by atoms with Gasteiger partial charge in [-0.15, -0.1) is 0 Å². The molecule has 1 rings (SSSR count). The molecule has 1 aromatic carbocycles. The lowest BCUT2D eigenvalue weighted by molar-refractivity contribution is -0.109. The van der Waals surface area contributed by atoms with Crippen LogP contribution >= 0.6 is 0 Å². The highest BCUT2D eigenvalue weighted by molar-refractivity contribution is 5.63. The van der Waals surface area contributed by atoms with Gasteiger partial charge in [0, 0.05) is 11.8 Å². The maximum Gasteiger partial charge on any atom is 0.127 e. The summed E-state index contributed by atoms with van der Waals surface area (Å²) >= 11 is 0. The molecule has 74 valence electrons. The zero-order valence-electron chi connectivity index (χ0n) is 8.44. The fraction of sp³-hybridized carbons (Fsp3) is 0.333. The summed E-state index contributed by atoms with van der Waals surface area (Å²) in [6.45, 7) is 3.70. The second-order valence-corrected chi connectivity index (χ2v) is 3.52. The van der Waals surface area contributed by atoms with E-state index in [1.54, 1.807) is 0 Å². The summed E-state index contributed by atoms with van der Waals surface area (Å²) in [5.74, 6) is -0.147. The van der Waals surface area contributed by atoms with Gasteiger partial charge in [-0.1, -0.05) is 38.1 Å². The largest absolute Gasteiger partial charge is 0.303 e. The Labute approximate surface area is 83.9 Å². The Morgan fingerprint density at radius 1 is 0.857 bits per heavy atom. The predicted octanol–water partition coefficient (Wildman–Crippen LogP) is 2.29. The van der Waals surface area contributed by atoms with Gasteiger partial charge in [-0.05, 0) is 11.1 Å². The van der Waals surface area contributed by atoms with Crippen molar-refractivity contribution in [3.05, 3.63) is 35.4 Å². The van der Waals surface area contributed by atoms with Gasteiger partial charge < -0.3 is 9.59 Å². The number of benzene rings is 1. The first-order valence-electron chi connectivity index (χ1n) is 4.69. The van der Waals surface area contributed by atoms with Crippen molar-refractivity contribution in [2.45, 2.75) is 25.7 Å². The Morgan fingerprint density at radius 3 is 1.36 bits per heavy atom. The first-order chi connectivity index (χ1) is 6.69.